The van der Waals surface area contributed by atoms with Crippen LogP contribution in [0, 0.1) is 17.6 Å². The van der Waals surface area contributed by atoms with Crippen molar-refractivity contribution < 1.29 is 23.1 Å². The summed E-state index contributed by atoms with van der Waals surface area (Å²) in [6.07, 6.45) is 0.878. The molecule has 0 radical (unpaired) electrons. The molecule has 0 aliphatic carbocycles. The van der Waals surface area contributed by atoms with Crippen molar-refractivity contribution in [3.8, 4) is 0 Å². The number of halogens is 2. The van der Waals surface area contributed by atoms with Gasteiger partial charge in [0.1, 0.15) is 17.2 Å². The van der Waals surface area contributed by atoms with E-state index < -0.39 is 23.1 Å². The molecule has 1 aromatic carbocycles. The van der Waals surface area contributed by atoms with E-state index in [1.54, 1.807) is 0 Å². The molecule has 0 unspecified atom stereocenters. The number of hydrogen-bond acceptors (Lipinski definition) is 3. The molecule has 6 heteroatoms. The second-order valence-corrected chi connectivity index (χ2v) is 4.69. The van der Waals surface area contributed by atoms with Gasteiger partial charge in [-0.25, -0.2) is 8.78 Å². The maximum Gasteiger partial charge on any atom is 0.308 e. The van der Waals surface area contributed by atoms with E-state index in [1.165, 1.54) is 18.1 Å². The van der Waals surface area contributed by atoms with Gasteiger partial charge in [-0.1, -0.05) is 6.07 Å². The Bertz CT molecular complexity index is 505. The fraction of sp³-hybridized carbons (Fsp3) is 0.429. The van der Waals surface area contributed by atoms with Gasteiger partial charge in [-0.3, -0.25) is 9.59 Å². The van der Waals surface area contributed by atoms with Crippen LogP contribution in [0.3, 0.4) is 0 Å². The summed E-state index contributed by atoms with van der Waals surface area (Å²) in [7, 11) is 1.31. The lowest BCUT2D eigenvalue weighted by Crippen LogP contribution is -2.41. The van der Waals surface area contributed by atoms with E-state index in [9.17, 15) is 18.4 Å². The molecule has 0 bridgehead atoms. The van der Waals surface area contributed by atoms with Crippen molar-refractivity contribution in [3.63, 3.8) is 0 Å². The molecule has 0 atom stereocenters. The van der Waals surface area contributed by atoms with E-state index in [0.717, 1.165) is 12.1 Å². The first-order chi connectivity index (χ1) is 9.54. The van der Waals surface area contributed by atoms with Crippen LogP contribution >= 0.6 is 0 Å². The van der Waals surface area contributed by atoms with E-state index in [4.69, 9.17) is 0 Å². The van der Waals surface area contributed by atoms with Gasteiger partial charge >= 0.3 is 5.97 Å². The molecule has 1 heterocycles. The van der Waals surface area contributed by atoms with E-state index in [2.05, 4.69) is 4.74 Å². The van der Waals surface area contributed by atoms with Crippen LogP contribution in [0.2, 0.25) is 0 Å². The number of carbonyl (C=O) groups is 2. The van der Waals surface area contributed by atoms with Crippen molar-refractivity contribution in [2.24, 2.45) is 5.92 Å². The normalized spacial score (nSPS) is 16.1. The third-order valence-corrected chi connectivity index (χ3v) is 3.49. The monoisotopic (exact) mass is 283 g/mol. The van der Waals surface area contributed by atoms with Crippen LogP contribution in [0.1, 0.15) is 23.2 Å². The average molecular weight is 283 g/mol. The number of nitrogens with zero attached hydrogens (tertiary/aromatic N) is 1. The Hall–Kier alpha value is -1.98. The fourth-order valence-electron chi connectivity index (χ4n) is 2.35. The number of esters is 1. The third kappa shape index (κ3) is 2.79. The summed E-state index contributed by atoms with van der Waals surface area (Å²) in [5, 5.41) is 0. The lowest BCUT2D eigenvalue weighted by Gasteiger charge is -2.30. The van der Waals surface area contributed by atoms with Crippen molar-refractivity contribution >= 4 is 11.9 Å². The molecule has 0 saturated carbocycles. The molecule has 20 heavy (non-hydrogen) atoms. The first kappa shape index (κ1) is 14.4. The zero-order chi connectivity index (χ0) is 14.7. The Balaban J connectivity index is 2.07. The number of methoxy groups -OCH3 is 1. The Morgan fingerprint density at radius 3 is 2.25 bits per heavy atom. The van der Waals surface area contributed by atoms with Gasteiger partial charge in [-0.15, -0.1) is 0 Å². The van der Waals surface area contributed by atoms with Crippen molar-refractivity contribution in [1.82, 2.24) is 4.90 Å². The predicted molar refractivity (Wildman–Crippen MR) is 67.0 cm³/mol. The highest BCUT2D eigenvalue weighted by Crippen LogP contribution is 2.22. The highest BCUT2D eigenvalue weighted by Gasteiger charge is 2.30. The molecular formula is C14H15F2NO3. The van der Waals surface area contributed by atoms with Crippen molar-refractivity contribution in [3.05, 3.63) is 35.4 Å². The molecule has 4 nitrogen and oxygen atoms in total. The van der Waals surface area contributed by atoms with Gasteiger partial charge in [0.15, 0.2) is 0 Å². The Morgan fingerprint density at radius 2 is 1.75 bits per heavy atom. The molecule has 1 aromatic rings. The second-order valence-electron chi connectivity index (χ2n) is 4.69. The highest BCUT2D eigenvalue weighted by molar-refractivity contribution is 5.95. The largest absolute Gasteiger partial charge is 0.469 e. The number of hydrogen-bond donors (Lipinski definition) is 0. The molecule has 1 amide bonds. The lowest BCUT2D eigenvalue weighted by atomic mass is 9.96. The summed E-state index contributed by atoms with van der Waals surface area (Å²) < 4.78 is 31.8. The topological polar surface area (TPSA) is 46.6 Å². The number of piperidine rings is 1. The van der Waals surface area contributed by atoms with E-state index in [-0.39, 0.29) is 25.0 Å². The van der Waals surface area contributed by atoms with E-state index >= 15 is 0 Å². The van der Waals surface area contributed by atoms with Gasteiger partial charge in [0.05, 0.1) is 13.0 Å². The molecule has 0 aromatic heterocycles. The van der Waals surface area contributed by atoms with Gasteiger partial charge in [-0.2, -0.15) is 0 Å². The zero-order valence-corrected chi connectivity index (χ0v) is 11.1. The van der Waals surface area contributed by atoms with Gasteiger partial charge < -0.3 is 9.64 Å². The minimum Gasteiger partial charge on any atom is -0.469 e. The Morgan fingerprint density at radius 1 is 1.20 bits per heavy atom. The van der Waals surface area contributed by atoms with Crippen LogP contribution in [-0.4, -0.2) is 37.0 Å². The molecule has 2 rings (SSSR count). The number of rotatable bonds is 2. The molecular weight excluding hydrogens is 268 g/mol. The van der Waals surface area contributed by atoms with Crippen LogP contribution < -0.4 is 0 Å². The first-order valence-corrected chi connectivity index (χ1v) is 6.35. The van der Waals surface area contributed by atoms with Crippen molar-refractivity contribution in [1.29, 1.82) is 0 Å². The van der Waals surface area contributed by atoms with Crippen LogP contribution in [0.5, 0.6) is 0 Å². The van der Waals surface area contributed by atoms with Gasteiger partial charge in [0.25, 0.3) is 5.91 Å². The summed E-state index contributed by atoms with van der Waals surface area (Å²) in [5.41, 5.74) is -0.538. The summed E-state index contributed by atoms with van der Waals surface area (Å²) in [5.74, 6) is -2.98. The maximum absolute atomic E-state index is 13.6. The zero-order valence-electron chi connectivity index (χ0n) is 11.1. The van der Waals surface area contributed by atoms with Crippen LogP contribution in [0.15, 0.2) is 18.2 Å². The lowest BCUT2D eigenvalue weighted by molar-refractivity contribution is -0.146. The fourth-order valence-corrected chi connectivity index (χ4v) is 2.35. The number of amides is 1. The van der Waals surface area contributed by atoms with E-state index in [0.29, 0.717) is 12.8 Å². The molecule has 0 spiro atoms. The van der Waals surface area contributed by atoms with E-state index in [1.807, 2.05) is 0 Å². The number of ether oxygens (including phenoxy) is 1. The minimum atomic E-state index is -0.870. The molecule has 1 saturated heterocycles. The highest BCUT2D eigenvalue weighted by atomic mass is 19.1. The third-order valence-electron chi connectivity index (χ3n) is 3.49. The van der Waals surface area contributed by atoms with Gasteiger partial charge in [0.2, 0.25) is 0 Å². The van der Waals surface area contributed by atoms with Crippen molar-refractivity contribution in [2.75, 3.05) is 20.2 Å². The molecule has 1 aliphatic heterocycles. The molecule has 108 valence electrons. The van der Waals surface area contributed by atoms with Crippen LogP contribution in [0.25, 0.3) is 0 Å². The summed E-state index contributed by atoms with van der Waals surface area (Å²) in [6.45, 7) is 0.568. The molecule has 0 N–H and O–H groups in total. The quantitative estimate of drug-likeness (QED) is 0.780. The Kier molecular flexibility index (Phi) is 4.32. The van der Waals surface area contributed by atoms with Crippen LogP contribution in [-0.2, 0) is 9.53 Å². The summed E-state index contributed by atoms with van der Waals surface area (Å²) >= 11 is 0. The number of benzene rings is 1. The summed E-state index contributed by atoms with van der Waals surface area (Å²) in [4.78, 5) is 24.9. The summed E-state index contributed by atoms with van der Waals surface area (Å²) in [6, 6.07) is 3.32. The van der Waals surface area contributed by atoms with Gasteiger partial charge in [-0.05, 0) is 25.0 Å². The predicted octanol–water partition coefficient (Wildman–Crippen LogP) is 1.99. The number of likely N-dealkylation sites (tertiary alicyclic amines) is 1. The molecule has 1 fully saturated rings. The standard InChI is InChI=1S/C14H15F2NO3/c1-20-14(19)9-5-7-17(8-6-9)13(18)12-10(15)3-2-4-11(12)16/h2-4,9H,5-8H2,1H3. The molecule has 1 aliphatic rings. The average Bonchev–Trinajstić information content (AvgIpc) is 2.46. The number of carbonyl (C=O) groups excluding carboxylic acids is 2. The minimum absolute atomic E-state index is 0.255. The Labute approximate surface area is 115 Å². The second kappa shape index (κ2) is 5.98. The SMILES string of the molecule is COC(=O)C1CCN(C(=O)c2c(F)cccc2F)CC1. The maximum atomic E-state index is 13.6. The van der Waals surface area contributed by atoms with Crippen LogP contribution in [0.4, 0.5) is 8.78 Å². The first-order valence-electron chi connectivity index (χ1n) is 6.35. The van der Waals surface area contributed by atoms with Gasteiger partial charge in [0, 0.05) is 13.1 Å². The van der Waals surface area contributed by atoms with Crippen molar-refractivity contribution in [2.45, 2.75) is 12.8 Å². The smallest absolute Gasteiger partial charge is 0.308 e.